The van der Waals surface area contributed by atoms with Crippen LogP contribution in [0, 0.1) is 0 Å². The molecule has 0 aromatic heterocycles. The molecule has 3 rings (SSSR count). The predicted octanol–water partition coefficient (Wildman–Crippen LogP) is 3.14. The van der Waals surface area contributed by atoms with Crippen molar-refractivity contribution in [2.75, 3.05) is 13.7 Å². The molecule has 0 unspecified atom stereocenters. The Kier molecular flexibility index (Phi) is 5.85. The van der Waals surface area contributed by atoms with Crippen LogP contribution in [-0.2, 0) is 21.1 Å². The van der Waals surface area contributed by atoms with E-state index in [0.717, 1.165) is 24.2 Å². The van der Waals surface area contributed by atoms with Crippen LogP contribution in [0.3, 0.4) is 0 Å². The van der Waals surface area contributed by atoms with Gasteiger partial charge in [-0.15, -0.1) is 0 Å². The van der Waals surface area contributed by atoms with Gasteiger partial charge in [-0.2, -0.15) is 0 Å². The monoisotopic (exact) mass is 387 g/mol. The molecule has 5 nitrogen and oxygen atoms in total. The lowest BCUT2D eigenvalue weighted by atomic mass is 10.1. The number of rotatable bonds is 7. The molecule has 1 saturated carbocycles. The van der Waals surface area contributed by atoms with Crippen LogP contribution in [0.2, 0.25) is 0 Å². The zero-order valence-electron chi connectivity index (χ0n) is 15.5. The fourth-order valence-electron chi connectivity index (χ4n) is 3.66. The zero-order chi connectivity index (χ0) is 19.3. The van der Waals surface area contributed by atoms with E-state index in [4.69, 9.17) is 4.74 Å². The van der Waals surface area contributed by atoms with Gasteiger partial charge in [-0.25, -0.2) is 8.42 Å². The van der Waals surface area contributed by atoms with Gasteiger partial charge in [0.1, 0.15) is 5.75 Å². The highest BCUT2D eigenvalue weighted by atomic mass is 32.2. The van der Waals surface area contributed by atoms with E-state index in [1.54, 1.807) is 37.4 Å². The fraction of sp³-hybridized carbons (Fsp3) is 0.381. The number of sulfone groups is 1. The summed E-state index contributed by atoms with van der Waals surface area (Å²) in [5, 5.41) is 2.87. The third kappa shape index (κ3) is 3.86. The summed E-state index contributed by atoms with van der Waals surface area (Å²) in [6, 6.07) is 15.9. The maximum absolute atomic E-state index is 13.2. The van der Waals surface area contributed by atoms with Crippen molar-refractivity contribution in [2.24, 2.45) is 0 Å². The van der Waals surface area contributed by atoms with E-state index < -0.39 is 14.6 Å². The van der Waals surface area contributed by atoms with Crippen molar-refractivity contribution in [1.29, 1.82) is 0 Å². The summed E-state index contributed by atoms with van der Waals surface area (Å²) in [4.78, 5) is 13.2. The predicted molar refractivity (Wildman–Crippen MR) is 105 cm³/mol. The maximum Gasteiger partial charge on any atom is 0.241 e. The second kappa shape index (κ2) is 8.13. The topological polar surface area (TPSA) is 72.5 Å². The number of hydrogen-bond donors (Lipinski definition) is 1. The van der Waals surface area contributed by atoms with E-state index in [9.17, 15) is 13.2 Å². The van der Waals surface area contributed by atoms with Crippen LogP contribution in [0.15, 0.2) is 59.5 Å². The van der Waals surface area contributed by atoms with Crippen LogP contribution in [0.4, 0.5) is 0 Å². The molecule has 0 bridgehead atoms. The van der Waals surface area contributed by atoms with Crippen LogP contribution in [-0.4, -0.2) is 32.7 Å². The molecule has 0 spiro atoms. The largest absolute Gasteiger partial charge is 0.497 e. The van der Waals surface area contributed by atoms with Crippen molar-refractivity contribution in [3.8, 4) is 5.75 Å². The van der Waals surface area contributed by atoms with E-state index >= 15 is 0 Å². The third-order valence-corrected chi connectivity index (χ3v) is 7.77. The first-order chi connectivity index (χ1) is 13.0. The molecule has 1 fully saturated rings. The normalized spacial score (nSPS) is 16.0. The average molecular weight is 388 g/mol. The number of amides is 1. The van der Waals surface area contributed by atoms with Crippen LogP contribution in [0.25, 0.3) is 0 Å². The Balaban J connectivity index is 1.72. The SMILES string of the molecule is COc1ccc(CCNC(=O)C2(S(=O)(=O)c3ccccc3)CCCC2)cc1. The van der Waals surface area contributed by atoms with Crippen LogP contribution in [0.1, 0.15) is 31.2 Å². The highest BCUT2D eigenvalue weighted by Crippen LogP contribution is 2.40. The molecular weight excluding hydrogens is 362 g/mol. The van der Waals surface area contributed by atoms with Gasteiger partial charge >= 0.3 is 0 Å². The van der Waals surface area contributed by atoms with Gasteiger partial charge in [0.25, 0.3) is 0 Å². The molecular formula is C21H25NO4S. The molecule has 0 heterocycles. The number of nitrogens with one attached hydrogen (secondary N) is 1. The Labute approximate surface area is 160 Å². The second-order valence-electron chi connectivity index (χ2n) is 6.87. The van der Waals surface area contributed by atoms with Crippen LogP contribution >= 0.6 is 0 Å². The van der Waals surface area contributed by atoms with Gasteiger partial charge in [0.2, 0.25) is 5.91 Å². The number of ether oxygens (including phenoxy) is 1. The first kappa shape index (κ1) is 19.4. The lowest BCUT2D eigenvalue weighted by molar-refractivity contribution is -0.123. The van der Waals surface area contributed by atoms with E-state index in [1.807, 2.05) is 24.3 Å². The maximum atomic E-state index is 13.2. The van der Waals surface area contributed by atoms with Crippen molar-refractivity contribution in [3.63, 3.8) is 0 Å². The third-order valence-electron chi connectivity index (χ3n) is 5.25. The van der Waals surface area contributed by atoms with Gasteiger partial charge in [-0.05, 0) is 49.1 Å². The molecule has 2 aromatic rings. The van der Waals surface area contributed by atoms with Crippen LogP contribution < -0.4 is 10.1 Å². The zero-order valence-corrected chi connectivity index (χ0v) is 16.3. The van der Waals surface area contributed by atoms with Crippen molar-refractivity contribution >= 4 is 15.7 Å². The molecule has 6 heteroatoms. The molecule has 0 atom stereocenters. The van der Waals surface area contributed by atoms with Gasteiger partial charge in [-0.1, -0.05) is 43.2 Å². The molecule has 0 radical (unpaired) electrons. The van der Waals surface area contributed by atoms with E-state index in [-0.39, 0.29) is 10.8 Å². The van der Waals surface area contributed by atoms with Gasteiger partial charge < -0.3 is 10.1 Å². The van der Waals surface area contributed by atoms with Crippen LogP contribution in [0.5, 0.6) is 5.75 Å². The van der Waals surface area contributed by atoms with Crippen molar-refractivity contribution in [1.82, 2.24) is 5.32 Å². The molecule has 144 valence electrons. The Morgan fingerprint density at radius 1 is 1.04 bits per heavy atom. The van der Waals surface area contributed by atoms with Gasteiger partial charge in [0.15, 0.2) is 14.6 Å². The quantitative estimate of drug-likeness (QED) is 0.792. The molecule has 2 aromatic carbocycles. The summed E-state index contributed by atoms with van der Waals surface area (Å²) in [5.74, 6) is 0.402. The van der Waals surface area contributed by atoms with E-state index in [1.165, 1.54) is 0 Å². The summed E-state index contributed by atoms with van der Waals surface area (Å²) < 4.78 is 30.2. The van der Waals surface area contributed by atoms with Gasteiger partial charge in [-0.3, -0.25) is 4.79 Å². The molecule has 1 N–H and O–H groups in total. The van der Waals surface area contributed by atoms with Crippen molar-refractivity contribution in [3.05, 3.63) is 60.2 Å². The average Bonchev–Trinajstić information content (AvgIpc) is 3.21. The lowest BCUT2D eigenvalue weighted by Gasteiger charge is -2.27. The number of carbonyl (C=O) groups is 1. The summed E-state index contributed by atoms with van der Waals surface area (Å²) in [5.41, 5.74) is 1.06. The Hall–Kier alpha value is -2.34. The highest BCUT2D eigenvalue weighted by molar-refractivity contribution is 7.93. The van der Waals surface area contributed by atoms with E-state index in [0.29, 0.717) is 25.8 Å². The number of methoxy groups -OCH3 is 1. The smallest absolute Gasteiger partial charge is 0.241 e. The molecule has 1 amide bonds. The standard InChI is InChI=1S/C21H25NO4S/c1-26-18-11-9-17(10-12-18)13-16-22-20(23)21(14-5-6-15-21)27(24,25)19-7-3-2-4-8-19/h2-4,7-12H,5-6,13-16H2,1H3,(H,22,23). The fourth-order valence-corrected chi connectivity index (χ4v) is 5.77. The molecule has 1 aliphatic carbocycles. The lowest BCUT2D eigenvalue weighted by Crippen LogP contribution is -2.51. The first-order valence-corrected chi connectivity index (χ1v) is 10.7. The van der Waals surface area contributed by atoms with Crippen molar-refractivity contribution in [2.45, 2.75) is 41.7 Å². The van der Waals surface area contributed by atoms with E-state index in [2.05, 4.69) is 5.32 Å². The number of carbonyl (C=O) groups excluding carboxylic acids is 1. The minimum Gasteiger partial charge on any atom is -0.497 e. The minimum atomic E-state index is -3.73. The first-order valence-electron chi connectivity index (χ1n) is 9.20. The van der Waals surface area contributed by atoms with Crippen molar-refractivity contribution < 1.29 is 17.9 Å². The summed E-state index contributed by atoms with van der Waals surface area (Å²) >= 11 is 0. The number of hydrogen-bond acceptors (Lipinski definition) is 4. The minimum absolute atomic E-state index is 0.220. The second-order valence-corrected chi connectivity index (χ2v) is 9.13. The molecule has 0 saturated heterocycles. The molecule has 0 aliphatic heterocycles. The Bertz CT molecular complexity index is 870. The van der Waals surface area contributed by atoms with Gasteiger partial charge in [0.05, 0.1) is 12.0 Å². The summed E-state index contributed by atoms with van der Waals surface area (Å²) in [6.45, 7) is 0.400. The molecule has 1 aliphatic rings. The Morgan fingerprint density at radius 3 is 2.26 bits per heavy atom. The summed E-state index contributed by atoms with van der Waals surface area (Å²) in [6.07, 6.45) is 2.88. The number of benzene rings is 2. The summed E-state index contributed by atoms with van der Waals surface area (Å²) in [7, 11) is -2.12. The van der Waals surface area contributed by atoms with Gasteiger partial charge in [0, 0.05) is 6.54 Å². The Morgan fingerprint density at radius 2 is 1.67 bits per heavy atom. The molecule has 27 heavy (non-hydrogen) atoms. The highest BCUT2D eigenvalue weighted by Gasteiger charge is 2.52.